The molecule has 26 heavy (non-hydrogen) atoms. The number of ether oxygens (including phenoxy) is 1. The Bertz CT molecular complexity index is 1020. The van der Waals surface area contributed by atoms with Gasteiger partial charge in [0.15, 0.2) is 12.4 Å². The van der Waals surface area contributed by atoms with E-state index in [4.69, 9.17) is 14.4 Å². The van der Waals surface area contributed by atoms with Crippen LogP contribution in [0.2, 0.25) is 0 Å². The van der Waals surface area contributed by atoms with Crippen LogP contribution in [0.5, 0.6) is 5.75 Å². The molecular formula is C18H11BrIN3O3. The standard InChI is InChI=1S/C18H11BrIN3O3/c19-13-7-12-8-16(26-17(12)15(20)9-13)18(24)23-22-10-11-1-3-14(4-2-11)25-6-5-21/h1-4,7-10H,6H2,(H,23,24)/b22-10-. The predicted molar refractivity (Wildman–Crippen MR) is 109 cm³/mol. The van der Waals surface area contributed by atoms with Crippen LogP contribution in [-0.2, 0) is 0 Å². The van der Waals surface area contributed by atoms with Gasteiger partial charge >= 0.3 is 5.91 Å². The summed E-state index contributed by atoms with van der Waals surface area (Å²) in [5, 5.41) is 13.2. The van der Waals surface area contributed by atoms with Gasteiger partial charge in [-0.2, -0.15) is 10.4 Å². The molecule has 1 aromatic heterocycles. The van der Waals surface area contributed by atoms with Gasteiger partial charge in [0.2, 0.25) is 0 Å². The van der Waals surface area contributed by atoms with Crippen LogP contribution in [0.25, 0.3) is 11.0 Å². The second-order valence-corrected chi connectivity index (χ2v) is 7.21. The second kappa shape index (κ2) is 8.33. The average molecular weight is 524 g/mol. The van der Waals surface area contributed by atoms with E-state index in [1.807, 2.05) is 18.2 Å². The van der Waals surface area contributed by atoms with Crippen LogP contribution in [0, 0.1) is 14.9 Å². The molecule has 1 N–H and O–H groups in total. The van der Waals surface area contributed by atoms with Crippen molar-refractivity contribution in [1.29, 1.82) is 5.26 Å². The minimum atomic E-state index is -0.432. The largest absolute Gasteiger partial charge is 0.479 e. The number of nitrogens with one attached hydrogen (secondary N) is 1. The number of carbonyl (C=O) groups excluding carboxylic acids is 1. The maximum Gasteiger partial charge on any atom is 0.307 e. The maximum atomic E-state index is 12.2. The number of nitrogens with zero attached hydrogens (tertiary/aromatic N) is 2. The number of hydrogen-bond acceptors (Lipinski definition) is 5. The highest BCUT2D eigenvalue weighted by atomic mass is 127. The Hall–Kier alpha value is -2.38. The van der Waals surface area contributed by atoms with Gasteiger partial charge in [0.05, 0.1) is 9.78 Å². The zero-order valence-corrected chi connectivity index (χ0v) is 16.9. The quantitative estimate of drug-likeness (QED) is 0.304. The topological polar surface area (TPSA) is 87.6 Å². The Morgan fingerprint density at radius 3 is 2.85 bits per heavy atom. The SMILES string of the molecule is N#CCOc1ccc(/C=N\NC(=O)c2cc3cc(Br)cc(I)c3o2)cc1. The van der Waals surface area contributed by atoms with Gasteiger partial charge < -0.3 is 9.15 Å². The highest BCUT2D eigenvalue weighted by Crippen LogP contribution is 2.28. The highest BCUT2D eigenvalue weighted by Gasteiger charge is 2.14. The Labute approximate surface area is 171 Å². The lowest BCUT2D eigenvalue weighted by atomic mass is 10.2. The normalized spacial score (nSPS) is 10.8. The number of hydrogen-bond donors (Lipinski definition) is 1. The molecular weight excluding hydrogens is 513 g/mol. The van der Waals surface area contributed by atoms with Crippen LogP contribution in [0.1, 0.15) is 16.1 Å². The number of rotatable bonds is 5. The van der Waals surface area contributed by atoms with Crippen molar-refractivity contribution in [2.45, 2.75) is 0 Å². The third kappa shape index (κ3) is 4.42. The molecule has 2 aromatic carbocycles. The molecule has 1 heterocycles. The lowest BCUT2D eigenvalue weighted by Crippen LogP contribution is -2.16. The predicted octanol–water partition coefficient (Wildman–Crippen LogP) is 4.47. The fraction of sp³-hybridized carbons (Fsp3) is 0.0556. The number of benzene rings is 2. The van der Waals surface area contributed by atoms with Crippen molar-refractivity contribution in [2.24, 2.45) is 5.10 Å². The second-order valence-electron chi connectivity index (χ2n) is 5.13. The number of halogens is 2. The van der Waals surface area contributed by atoms with Crippen molar-refractivity contribution in [3.05, 3.63) is 61.8 Å². The molecule has 3 rings (SSSR count). The lowest BCUT2D eigenvalue weighted by Gasteiger charge is -2.01. The van der Waals surface area contributed by atoms with E-state index in [0.29, 0.717) is 11.3 Å². The Morgan fingerprint density at radius 2 is 2.12 bits per heavy atom. The number of nitriles is 1. The summed E-state index contributed by atoms with van der Waals surface area (Å²) in [4.78, 5) is 12.2. The molecule has 0 bridgehead atoms. The number of amides is 1. The van der Waals surface area contributed by atoms with E-state index >= 15 is 0 Å². The fourth-order valence-corrected chi connectivity index (χ4v) is 3.83. The van der Waals surface area contributed by atoms with Gasteiger partial charge in [-0.3, -0.25) is 4.79 Å². The van der Waals surface area contributed by atoms with Crippen LogP contribution in [-0.4, -0.2) is 18.7 Å². The third-order valence-corrected chi connectivity index (χ3v) is 4.58. The summed E-state index contributed by atoms with van der Waals surface area (Å²) in [5.41, 5.74) is 3.88. The molecule has 8 heteroatoms. The molecule has 0 atom stereocenters. The first kappa shape index (κ1) is 18.4. The van der Waals surface area contributed by atoms with Crippen molar-refractivity contribution >= 4 is 61.6 Å². The molecule has 0 aliphatic heterocycles. The molecule has 0 saturated carbocycles. The molecule has 0 aliphatic rings. The van der Waals surface area contributed by atoms with Crippen molar-refractivity contribution in [3.8, 4) is 11.8 Å². The molecule has 6 nitrogen and oxygen atoms in total. The summed E-state index contributed by atoms with van der Waals surface area (Å²) in [6.45, 7) is -0.00347. The van der Waals surface area contributed by atoms with Gasteiger partial charge in [0, 0.05) is 9.86 Å². The Balaban J connectivity index is 1.66. The molecule has 0 spiro atoms. The third-order valence-electron chi connectivity index (χ3n) is 3.32. The fourth-order valence-electron chi connectivity index (χ4n) is 2.17. The first-order chi connectivity index (χ1) is 12.6. The van der Waals surface area contributed by atoms with E-state index < -0.39 is 5.91 Å². The average Bonchev–Trinajstić information content (AvgIpc) is 3.05. The monoisotopic (exact) mass is 523 g/mol. The van der Waals surface area contributed by atoms with Crippen LogP contribution >= 0.6 is 38.5 Å². The number of hydrazone groups is 1. The van der Waals surface area contributed by atoms with Gasteiger partial charge in [0.1, 0.15) is 17.4 Å². The van der Waals surface area contributed by atoms with Gasteiger partial charge in [-0.1, -0.05) is 15.9 Å². The van der Waals surface area contributed by atoms with E-state index in [1.165, 1.54) is 6.21 Å². The Morgan fingerprint density at radius 1 is 1.35 bits per heavy atom. The molecule has 0 fully saturated rings. The lowest BCUT2D eigenvalue weighted by molar-refractivity contribution is 0.0929. The molecule has 0 unspecified atom stereocenters. The summed E-state index contributed by atoms with van der Waals surface area (Å²) in [7, 11) is 0. The number of fused-ring (bicyclic) bond motifs is 1. The van der Waals surface area contributed by atoms with Crippen molar-refractivity contribution < 1.29 is 13.9 Å². The summed E-state index contributed by atoms with van der Waals surface area (Å²) >= 11 is 5.58. The van der Waals surface area contributed by atoms with Gasteiger partial charge in [-0.05, 0) is 70.6 Å². The highest BCUT2D eigenvalue weighted by molar-refractivity contribution is 14.1. The summed E-state index contributed by atoms with van der Waals surface area (Å²) in [5.74, 6) is 0.350. The number of furan rings is 1. The minimum Gasteiger partial charge on any atom is -0.479 e. The number of carbonyl (C=O) groups is 1. The molecule has 130 valence electrons. The minimum absolute atomic E-state index is 0.00347. The molecule has 3 aromatic rings. The van der Waals surface area contributed by atoms with Crippen molar-refractivity contribution in [1.82, 2.24) is 5.43 Å². The summed E-state index contributed by atoms with van der Waals surface area (Å²) in [6, 6.07) is 14.4. The van der Waals surface area contributed by atoms with Crippen molar-refractivity contribution in [3.63, 3.8) is 0 Å². The van der Waals surface area contributed by atoms with E-state index in [1.54, 1.807) is 30.3 Å². The first-order valence-electron chi connectivity index (χ1n) is 7.38. The Kier molecular flexibility index (Phi) is 5.90. The van der Waals surface area contributed by atoms with E-state index in [-0.39, 0.29) is 12.4 Å². The first-order valence-corrected chi connectivity index (χ1v) is 9.26. The van der Waals surface area contributed by atoms with Crippen LogP contribution < -0.4 is 10.2 Å². The van der Waals surface area contributed by atoms with E-state index in [0.717, 1.165) is 19.0 Å². The molecule has 0 aliphatic carbocycles. The van der Waals surface area contributed by atoms with Crippen LogP contribution in [0.3, 0.4) is 0 Å². The maximum absolute atomic E-state index is 12.2. The van der Waals surface area contributed by atoms with E-state index in [9.17, 15) is 4.79 Å². The zero-order valence-electron chi connectivity index (χ0n) is 13.2. The summed E-state index contributed by atoms with van der Waals surface area (Å²) in [6.07, 6.45) is 1.51. The smallest absolute Gasteiger partial charge is 0.307 e. The molecule has 0 radical (unpaired) electrons. The van der Waals surface area contributed by atoms with Gasteiger partial charge in [-0.25, -0.2) is 5.43 Å². The van der Waals surface area contributed by atoms with Gasteiger partial charge in [-0.15, -0.1) is 0 Å². The summed E-state index contributed by atoms with van der Waals surface area (Å²) < 4.78 is 12.6. The zero-order chi connectivity index (χ0) is 18.5. The van der Waals surface area contributed by atoms with Gasteiger partial charge in [0.25, 0.3) is 0 Å². The van der Waals surface area contributed by atoms with Crippen molar-refractivity contribution in [2.75, 3.05) is 6.61 Å². The van der Waals surface area contributed by atoms with Crippen LogP contribution in [0.15, 0.2) is 56.5 Å². The molecule has 1 amide bonds. The van der Waals surface area contributed by atoms with Crippen LogP contribution in [0.4, 0.5) is 0 Å². The molecule has 0 saturated heterocycles. The van der Waals surface area contributed by atoms with E-state index in [2.05, 4.69) is 49.0 Å².